The van der Waals surface area contributed by atoms with Crippen LogP contribution < -0.4 is 5.32 Å². The molecule has 0 saturated carbocycles. The van der Waals surface area contributed by atoms with Crippen molar-refractivity contribution in [2.45, 2.75) is 26.7 Å². The van der Waals surface area contributed by atoms with Gasteiger partial charge in [-0.25, -0.2) is 4.68 Å². The molecule has 0 radical (unpaired) electrons. The minimum absolute atomic E-state index is 0.157. The van der Waals surface area contributed by atoms with Gasteiger partial charge in [0.15, 0.2) is 0 Å². The molecule has 0 bridgehead atoms. The topological polar surface area (TPSA) is 72.7 Å². The lowest BCUT2D eigenvalue weighted by Gasteiger charge is -2.03. The Bertz CT molecular complexity index is 1170. The fourth-order valence-electron chi connectivity index (χ4n) is 3.18. The average Bonchev–Trinajstić information content (AvgIpc) is 3.36. The van der Waals surface area contributed by atoms with Crippen LogP contribution in [0.3, 0.4) is 0 Å². The van der Waals surface area contributed by atoms with Gasteiger partial charge in [-0.15, -0.1) is 10.2 Å². The first-order chi connectivity index (χ1) is 15.0. The largest absolute Gasteiger partial charge is 0.300 e. The highest BCUT2D eigenvalue weighted by Crippen LogP contribution is 2.26. The lowest BCUT2D eigenvalue weighted by molar-refractivity contribution is -0.115. The third-order valence-electron chi connectivity index (χ3n) is 4.58. The number of halogens is 1. The summed E-state index contributed by atoms with van der Waals surface area (Å²) in [6.45, 7) is 4.25. The van der Waals surface area contributed by atoms with Crippen LogP contribution in [0.15, 0.2) is 60.8 Å². The summed E-state index contributed by atoms with van der Waals surface area (Å²) in [4.78, 5) is 12.8. The molecule has 0 aliphatic carbocycles. The molecule has 31 heavy (non-hydrogen) atoms. The van der Waals surface area contributed by atoms with E-state index in [9.17, 15) is 4.79 Å². The van der Waals surface area contributed by atoms with Crippen LogP contribution in [-0.2, 0) is 17.6 Å². The molecule has 0 fully saturated rings. The summed E-state index contributed by atoms with van der Waals surface area (Å²) < 4.78 is 1.79. The van der Waals surface area contributed by atoms with Crippen LogP contribution in [0.4, 0.5) is 5.13 Å². The Kier molecular flexibility index (Phi) is 6.44. The van der Waals surface area contributed by atoms with Crippen molar-refractivity contribution in [3.05, 3.63) is 76.4 Å². The molecule has 0 aliphatic rings. The monoisotopic (exact) mass is 451 g/mol. The van der Waals surface area contributed by atoms with E-state index in [2.05, 4.69) is 29.4 Å². The van der Waals surface area contributed by atoms with Crippen LogP contribution >= 0.6 is 22.9 Å². The number of benzene rings is 2. The van der Waals surface area contributed by atoms with E-state index in [1.54, 1.807) is 4.68 Å². The summed E-state index contributed by atoms with van der Waals surface area (Å²) >= 11 is 7.46. The first-order valence-electron chi connectivity index (χ1n) is 10.00. The zero-order valence-corrected chi connectivity index (χ0v) is 18.8. The van der Waals surface area contributed by atoms with Crippen molar-refractivity contribution < 1.29 is 4.79 Å². The van der Waals surface area contributed by atoms with Crippen LogP contribution in [0, 0.1) is 5.92 Å². The number of aromatic nitrogens is 4. The normalized spacial score (nSPS) is 11.1. The number of para-hydroxylation sites is 1. The second-order valence-corrected chi connectivity index (χ2v) is 9.11. The highest BCUT2D eigenvalue weighted by atomic mass is 35.5. The molecular formula is C23H22ClN5OS. The van der Waals surface area contributed by atoms with Crippen LogP contribution in [0.2, 0.25) is 5.02 Å². The van der Waals surface area contributed by atoms with E-state index in [4.69, 9.17) is 16.7 Å². The minimum Gasteiger partial charge on any atom is -0.300 e. The van der Waals surface area contributed by atoms with Crippen molar-refractivity contribution in [3.63, 3.8) is 0 Å². The Morgan fingerprint density at radius 3 is 2.55 bits per heavy atom. The van der Waals surface area contributed by atoms with Gasteiger partial charge in [-0.3, -0.25) is 4.79 Å². The minimum atomic E-state index is -0.157. The number of carbonyl (C=O) groups excluding carboxylic acids is 1. The second-order valence-electron chi connectivity index (χ2n) is 7.61. The Hall–Kier alpha value is -3.03. The van der Waals surface area contributed by atoms with Gasteiger partial charge in [0.25, 0.3) is 0 Å². The maximum Gasteiger partial charge on any atom is 0.230 e. The van der Waals surface area contributed by atoms with Crippen molar-refractivity contribution in [1.82, 2.24) is 20.0 Å². The molecule has 4 rings (SSSR count). The zero-order chi connectivity index (χ0) is 21.8. The van der Waals surface area contributed by atoms with Crippen LogP contribution in [-0.4, -0.2) is 25.9 Å². The molecule has 0 atom stereocenters. The van der Waals surface area contributed by atoms with Gasteiger partial charge < -0.3 is 5.32 Å². The highest BCUT2D eigenvalue weighted by Gasteiger charge is 2.17. The summed E-state index contributed by atoms with van der Waals surface area (Å²) in [5.74, 6) is 0.331. The average molecular weight is 452 g/mol. The number of rotatable bonds is 7. The van der Waals surface area contributed by atoms with Gasteiger partial charge in [0.1, 0.15) is 5.01 Å². The number of hydrogen-bond donors (Lipinski definition) is 1. The molecule has 158 valence electrons. The maximum atomic E-state index is 12.8. The Labute approximate surface area is 189 Å². The first kappa shape index (κ1) is 21.2. The quantitative estimate of drug-likeness (QED) is 0.407. The number of nitrogens with zero attached hydrogens (tertiary/aromatic N) is 4. The third kappa shape index (κ3) is 5.37. The number of nitrogens with one attached hydrogen (secondary N) is 1. The number of amides is 1. The van der Waals surface area contributed by atoms with Crippen LogP contribution in [0.1, 0.15) is 24.4 Å². The maximum absolute atomic E-state index is 12.8. The molecule has 0 saturated heterocycles. The number of carbonyl (C=O) groups is 1. The van der Waals surface area contributed by atoms with Crippen molar-refractivity contribution in [2.24, 2.45) is 5.92 Å². The molecule has 2 aromatic heterocycles. The first-order valence-corrected chi connectivity index (χ1v) is 11.2. The summed E-state index contributed by atoms with van der Waals surface area (Å²) in [7, 11) is 0. The van der Waals surface area contributed by atoms with E-state index in [0.717, 1.165) is 33.9 Å². The predicted octanol–water partition coefficient (Wildman–Crippen LogP) is 5.42. The van der Waals surface area contributed by atoms with Gasteiger partial charge in [-0.1, -0.05) is 67.1 Å². The molecule has 4 aromatic rings. The standard InChI is InChI=1S/C23H22ClN5OS/c1-15(2)12-21-26-27-23(31-21)25-20(30)13-17-14-29(19-6-4-3-5-7-19)28-22(17)16-8-10-18(24)11-9-16/h3-11,14-15H,12-13H2,1-2H3,(H,25,27,30). The molecule has 2 heterocycles. The molecule has 1 N–H and O–H groups in total. The molecule has 0 unspecified atom stereocenters. The lowest BCUT2D eigenvalue weighted by atomic mass is 10.1. The summed E-state index contributed by atoms with van der Waals surface area (Å²) in [6, 6.07) is 17.3. The van der Waals surface area contributed by atoms with Gasteiger partial charge in [0.2, 0.25) is 11.0 Å². The molecule has 8 heteroatoms. The third-order valence-corrected chi connectivity index (χ3v) is 5.69. The molecule has 0 spiro atoms. The lowest BCUT2D eigenvalue weighted by Crippen LogP contribution is -2.14. The SMILES string of the molecule is CC(C)Cc1nnc(NC(=O)Cc2cn(-c3ccccc3)nc2-c2ccc(Cl)cc2)s1. The fourth-order valence-corrected chi connectivity index (χ4v) is 4.27. The van der Waals surface area contributed by atoms with Gasteiger partial charge in [0, 0.05) is 28.8 Å². The van der Waals surface area contributed by atoms with Crippen molar-refractivity contribution >= 4 is 34.0 Å². The molecule has 1 amide bonds. The van der Waals surface area contributed by atoms with E-state index in [1.165, 1.54) is 11.3 Å². The Morgan fingerprint density at radius 1 is 1.10 bits per heavy atom. The van der Waals surface area contributed by atoms with E-state index < -0.39 is 0 Å². The van der Waals surface area contributed by atoms with Crippen molar-refractivity contribution in [2.75, 3.05) is 5.32 Å². The fraction of sp³-hybridized carbons (Fsp3) is 0.217. The van der Waals surface area contributed by atoms with Crippen molar-refractivity contribution in [1.29, 1.82) is 0 Å². The zero-order valence-electron chi connectivity index (χ0n) is 17.2. The number of anilines is 1. The van der Waals surface area contributed by atoms with Crippen LogP contribution in [0.5, 0.6) is 0 Å². The van der Waals surface area contributed by atoms with E-state index >= 15 is 0 Å². The second kappa shape index (κ2) is 9.41. The molecule has 6 nitrogen and oxygen atoms in total. The summed E-state index contributed by atoms with van der Waals surface area (Å²) in [5.41, 5.74) is 3.38. The summed E-state index contributed by atoms with van der Waals surface area (Å²) in [6.07, 6.45) is 2.91. The smallest absolute Gasteiger partial charge is 0.230 e. The van der Waals surface area contributed by atoms with E-state index in [0.29, 0.717) is 16.1 Å². The summed E-state index contributed by atoms with van der Waals surface area (Å²) in [5, 5.41) is 18.0. The number of hydrogen-bond acceptors (Lipinski definition) is 5. The van der Waals surface area contributed by atoms with E-state index in [1.807, 2.05) is 60.8 Å². The van der Waals surface area contributed by atoms with Crippen LogP contribution in [0.25, 0.3) is 16.9 Å². The van der Waals surface area contributed by atoms with Gasteiger partial charge in [0.05, 0.1) is 17.8 Å². The van der Waals surface area contributed by atoms with Gasteiger partial charge >= 0.3 is 0 Å². The van der Waals surface area contributed by atoms with Gasteiger partial charge in [-0.05, 0) is 30.2 Å². The Morgan fingerprint density at radius 2 is 1.84 bits per heavy atom. The predicted molar refractivity (Wildman–Crippen MR) is 125 cm³/mol. The highest BCUT2D eigenvalue weighted by molar-refractivity contribution is 7.15. The van der Waals surface area contributed by atoms with E-state index in [-0.39, 0.29) is 12.3 Å². The Balaban J connectivity index is 1.58. The van der Waals surface area contributed by atoms with Crippen molar-refractivity contribution in [3.8, 4) is 16.9 Å². The molecule has 2 aromatic carbocycles. The molecule has 0 aliphatic heterocycles. The molecular weight excluding hydrogens is 430 g/mol. The van der Waals surface area contributed by atoms with Gasteiger partial charge in [-0.2, -0.15) is 5.10 Å².